The van der Waals surface area contributed by atoms with Gasteiger partial charge in [-0.2, -0.15) is 0 Å². The van der Waals surface area contributed by atoms with Crippen molar-refractivity contribution >= 4 is 27.7 Å². The Morgan fingerprint density at radius 2 is 2.36 bits per heavy atom. The van der Waals surface area contributed by atoms with E-state index >= 15 is 0 Å². The third-order valence-corrected chi connectivity index (χ3v) is 3.97. The first-order chi connectivity index (χ1) is 10.6. The molecule has 1 heterocycles. The monoisotopic (exact) mass is 365 g/mol. The van der Waals surface area contributed by atoms with Gasteiger partial charge >= 0.3 is 0 Å². The number of nitrogens with one attached hydrogen (secondary N) is 2. The van der Waals surface area contributed by atoms with Crippen molar-refractivity contribution in [2.75, 3.05) is 19.6 Å². The highest BCUT2D eigenvalue weighted by Gasteiger charge is 2.29. The second-order valence-corrected chi connectivity index (χ2v) is 6.11. The number of carbonyl (C=O) groups excluding carboxylic acids is 2. The number of benzene rings is 1. The normalized spacial score (nSPS) is 18.1. The highest BCUT2D eigenvalue weighted by atomic mass is 79.9. The molecule has 2 amide bonds. The molecule has 0 aromatic heterocycles. The fourth-order valence-corrected chi connectivity index (χ4v) is 2.85. The molecule has 1 unspecified atom stereocenters. The van der Waals surface area contributed by atoms with Crippen molar-refractivity contribution in [3.63, 3.8) is 0 Å². The predicted octanol–water partition coefficient (Wildman–Crippen LogP) is 1.44. The summed E-state index contributed by atoms with van der Waals surface area (Å²) in [4.78, 5) is 26.0. The van der Waals surface area contributed by atoms with Crippen LogP contribution in [0.4, 0.5) is 0 Å². The lowest BCUT2D eigenvalue weighted by Gasteiger charge is -2.33. The van der Waals surface area contributed by atoms with Gasteiger partial charge in [0.15, 0.2) is 0 Å². The fourth-order valence-electron chi connectivity index (χ4n) is 2.41. The molecule has 118 valence electrons. The first-order valence-electron chi connectivity index (χ1n) is 7.24. The Balaban J connectivity index is 1.94. The van der Waals surface area contributed by atoms with Crippen molar-refractivity contribution in [3.05, 3.63) is 47.0 Å². The van der Waals surface area contributed by atoms with Crippen LogP contribution in [0.2, 0.25) is 0 Å². The van der Waals surface area contributed by atoms with Gasteiger partial charge < -0.3 is 15.5 Å². The van der Waals surface area contributed by atoms with Gasteiger partial charge in [0.25, 0.3) is 0 Å². The quantitative estimate of drug-likeness (QED) is 0.749. The van der Waals surface area contributed by atoms with Crippen LogP contribution < -0.4 is 10.6 Å². The molecule has 2 rings (SSSR count). The number of hydrogen-bond donors (Lipinski definition) is 2. The smallest absolute Gasteiger partial charge is 0.240 e. The standard InChI is InChI=1S/C16H20BrN3O2/c1-2-6-19-15(21)10-14-16(22)20(8-7-18-14)11-12-4-3-5-13(17)9-12/h2-5,9,14,18H,1,6-8,10-11H2,(H,19,21). The zero-order valence-electron chi connectivity index (χ0n) is 12.3. The van der Waals surface area contributed by atoms with E-state index < -0.39 is 6.04 Å². The van der Waals surface area contributed by atoms with Crippen molar-refractivity contribution in [1.29, 1.82) is 0 Å². The molecule has 1 fully saturated rings. The van der Waals surface area contributed by atoms with E-state index in [0.29, 0.717) is 26.2 Å². The van der Waals surface area contributed by atoms with Crippen LogP contribution in [0.1, 0.15) is 12.0 Å². The highest BCUT2D eigenvalue weighted by molar-refractivity contribution is 9.10. The summed E-state index contributed by atoms with van der Waals surface area (Å²) in [5.74, 6) is -0.171. The molecule has 0 saturated carbocycles. The van der Waals surface area contributed by atoms with Crippen LogP contribution in [-0.2, 0) is 16.1 Å². The molecule has 22 heavy (non-hydrogen) atoms. The lowest BCUT2D eigenvalue weighted by atomic mass is 10.1. The maximum absolute atomic E-state index is 12.5. The largest absolute Gasteiger partial charge is 0.353 e. The van der Waals surface area contributed by atoms with E-state index in [1.54, 1.807) is 11.0 Å². The minimum Gasteiger partial charge on any atom is -0.353 e. The van der Waals surface area contributed by atoms with Crippen molar-refractivity contribution in [2.24, 2.45) is 0 Å². The molecule has 1 saturated heterocycles. The van der Waals surface area contributed by atoms with Crippen LogP contribution in [0.15, 0.2) is 41.4 Å². The molecule has 0 bridgehead atoms. The van der Waals surface area contributed by atoms with Crippen molar-refractivity contribution in [3.8, 4) is 0 Å². The molecule has 6 heteroatoms. The van der Waals surface area contributed by atoms with E-state index in [4.69, 9.17) is 0 Å². The van der Waals surface area contributed by atoms with Crippen LogP contribution in [0.25, 0.3) is 0 Å². The Hall–Kier alpha value is -1.66. The molecule has 5 nitrogen and oxygen atoms in total. The first-order valence-corrected chi connectivity index (χ1v) is 8.03. The second-order valence-electron chi connectivity index (χ2n) is 5.19. The summed E-state index contributed by atoms with van der Waals surface area (Å²) >= 11 is 3.43. The van der Waals surface area contributed by atoms with Crippen molar-refractivity contribution in [1.82, 2.24) is 15.5 Å². The van der Waals surface area contributed by atoms with Crippen molar-refractivity contribution < 1.29 is 9.59 Å². The van der Waals surface area contributed by atoms with Gasteiger partial charge in [-0.05, 0) is 17.7 Å². The topological polar surface area (TPSA) is 61.4 Å². The molecule has 1 aliphatic heterocycles. The van der Waals surface area contributed by atoms with Gasteiger partial charge in [0.1, 0.15) is 0 Å². The number of amides is 2. The molecular formula is C16H20BrN3O2. The average molecular weight is 366 g/mol. The number of piperazine rings is 1. The third-order valence-electron chi connectivity index (χ3n) is 3.48. The third kappa shape index (κ3) is 4.68. The molecule has 1 aromatic rings. The van der Waals surface area contributed by atoms with Gasteiger partial charge in [0, 0.05) is 30.7 Å². The number of nitrogens with zero attached hydrogens (tertiary/aromatic N) is 1. The van der Waals surface area contributed by atoms with Crippen molar-refractivity contribution in [2.45, 2.75) is 19.0 Å². The SMILES string of the molecule is C=CCNC(=O)CC1NCCN(Cc2cccc(Br)c2)C1=O. The molecule has 1 aliphatic rings. The zero-order chi connectivity index (χ0) is 15.9. The summed E-state index contributed by atoms with van der Waals surface area (Å²) in [5.41, 5.74) is 1.07. The highest BCUT2D eigenvalue weighted by Crippen LogP contribution is 2.15. The molecule has 0 spiro atoms. The first kappa shape index (κ1) is 16.7. The Morgan fingerprint density at radius 1 is 1.55 bits per heavy atom. The number of hydrogen-bond acceptors (Lipinski definition) is 3. The van der Waals surface area contributed by atoms with Gasteiger partial charge in [0.2, 0.25) is 11.8 Å². The van der Waals surface area contributed by atoms with Crippen LogP contribution >= 0.6 is 15.9 Å². The van der Waals surface area contributed by atoms with Crippen LogP contribution in [-0.4, -0.2) is 42.4 Å². The molecule has 1 atom stereocenters. The summed E-state index contributed by atoms with van der Waals surface area (Å²) < 4.78 is 0.993. The fraction of sp³-hybridized carbons (Fsp3) is 0.375. The minimum atomic E-state index is -0.453. The Morgan fingerprint density at radius 3 is 3.09 bits per heavy atom. The summed E-state index contributed by atoms with van der Waals surface area (Å²) in [5, 5.41) is 5.81. The lowest BCUT2D eigenvalue weighted by Crippen LogP contribution is -2.55. The Bertz CT molecular complexity index is 562. The Labute approximate surface area is 138 Å². The summed E-state index contributed by atoms with van der Waals surface area (Å²) in [6.07, 6.45) is 1.77. The van der Waals surface area contributed by atoms with E-state index in [9.17, 15) is 9.59 Å². The van der Waals surface area contributed by atoms with E-state index in [2.05, 4.69) is 33.1 Å². The molecule has 0 aliphatic carbocycles. The predicted molar refractivity (Wildman–Crippen MR) is 89.2 cm³/mol. The molecule has 0 radical (unpaired) electrons. The summed E-state index contributed by atoms with van der Waals surface area (Å²) in [6, 6.07) is 7.44. The van der Waals surface area contributed by atoms with Crippen LogP contribution in [0, 0.1) is 0 Å². The van der Waals surface area contributed by atoms with Gasteiger partial charge in [-0.15, -0.1) is 6.58 Å². The lowest BCUT2D eigenvalue weighted by molar-refractivity contribution is -0.138. The second kappa shape index (κ2) is 8.10. The van der Waals surface area contributed by atoms with E-state index in [1.807, 2.05) is 24.3 Å². The maximum Gasteiger partial charge on any atom is 0.240 e. The summed E-state index contributed by atoms with van der Waals surface area (Å²) in [7, 11) is 0. The Kier molecular flexibility index (Phi) is 6.15. The van der Waals surface area contributed by atoms with E-state index in [0.717, 1.165) is 10.0 Å². The number of carbonyl (C=O) groups is 2. The van der Waals surface area contributed by atoms with Crippen LogP contribution in [0.3, 0.4) is 0 Å². The molecule has 1 aromatic carbocycles. The zero-order valence-corrected chi connectivity index (χ0v) is 13.9. The van der Waals surface area contributed by atoms with Gasteiger partial charge in [-0.1, -0.05) is 34.1 Å². The van der Waals surface area contributed by atoms with Gasteiger partial charge in [-0.3, -0.25) is 9.59 Å². The van der Waals surface area contributed by atoms with Crippen LogP contribution in [0.5, 0.6) is 0 Å². The molecular weight excluding hydrogens is 346 g/mol. The average Bonchev–Trinajstić information content (AvgIpc) is 2.49. The summed E-state index contributed by atoms with van der Waals surface area (Å²) in [6.45, 7) is 5.87. The number of rotatable bonds is 6. The molecule has 2 N–H and O–H groups in total. The van der Waals surface area contributed by atoms with Gasteiger partial charge in [-0.25, -0.2) is 0 Å². The van der Waals surface area contributed by atoms with Gasteiger partial charge in [0.05, 0.1) is 12.5 Å². The minimum absolute atomic E-state index is 0.0278. The van der Waals surface area contributed by atoms with E-state index in [-0.39, 0.29) is 18.2 Å². The maximum atomic E-state index is 12.5. The van der Waals surface area contributed by atoms with E-state index in [1.165, 1.54) is 0 Å². The number of halogens is 1.